The fraction of sp³-hybridized carbons (Fsp3) is 0.273. The summed E-state index contributed by atoms with van der Waals surface area (Å²) in [5.74, 6) is 0.333. The number of carbonyl (C=O) groups excluding carboxylic acids is 2. The van der Waals surface area contributed by atoms with Gasteiger partial charge in [-0.25, -0.2) is 0 Å². The number of nitriles is 1. The molecule has 1 saturated heterocycles. The zero-order chi connectivity index (χ0) is 21.8. The number of rotatable bonds is 6. The molecule has 9 heteroatoms. The van der Waals surface area contributed by atoms with Gasteiger partial charge in [0.1, 0.15) is 6.07 Å². The van der Waals surface area contributed by atoms with Gasteiger partial charge in [-0.15, -0.1) is 0 Å². The van der Waals surface area contributed by atoms with Crippen LogP contribution in [0.3, 0.4) is 0 Å². The SMILES string of the molecule is N#Cc1nc(-c2ccco2)oc1N1CCC(C(=O)Nc2ccccc2CC(N)=O)CC1. The van der Waals surface area contributed by atoms with E-state index in [2.05, 4.69) is 16.4 Å². The van der Waals surface area contributed by atoms with Gasteiger partial charge in [-0.3, -0.25) is 9.59 Å². The largest absolute Gasteiger partial charge is 0.459 e. The molecule has 158 valence electrons. The van der Waals surface area contributed by atoms with Crippen molar-refractivity contribution in [3.8, 4) is 17.7 Å². The predicted molar refractivity (Wildman–Crippen MR) is 112 cm³/mol. The van der Waals surface area contributed by atoms with Crippen LogP contribution in [0.15, 0.2) is 51.5 Å². The molecule has 0 aliphatic carbocycles. The number of oxazole rings is 1. The van der Waals surface area contributed by atoms with Gasteiger partial charge in [-0.2, -0.15) is 10.2 Å². The Bertz CT molecular complexity index is 1120. The molecule has 0 spiro atoms. The van der Waals surface area contributed by atoms with E-state index in [0.717, 1.165) is 0 Å². The minimum atomic E-state index is -0.454. The van der Waals surface area contributed by atoms with E-state index in [1.165, 1.54) is 6.26 Å². The first kappa shape index (κ1) is 20.2. The summed E-state index contributed by atoms with van der Waals surface area (Å²) in [5.41, 5.74) is 6.77. The van der Waals surface area contributed by atoms with Crippen LogP contribution in [0.1, 0.15) is 24.1 Å². The van der Waals surface area contributed by atoms with Gasteiger partial charge in [0.2, 0.25) is 23.4 Å². The Morgan fingerprint density at radius 2 is 2.00 bits per heavy atom. The Hall–Kier alpha value is -4.06. The highest BCUT2D eigenvalue weighted by molar-refractivity contribution is 5.94. The first-order chi connectivity index (χ1) is 15.0. The number of furan rings is 1. The zero-order valence-electron chi connectivity index (χ0n) is 16.7. The highest BCUT2D eigenvalue weighted by atomic mass is 16.4. The summed E-state index contributed by atoms with van der Waals surface area (Å²) in [7, 11) is 0. The van der Waals surface area contributed by atoms with Crippen LogP contribution in [0.5, 0.6) is 0 Å². The Kier molecular flexibility index (Phi) is 5.71. The molecule has 0 saturated carbocycles. The second kappa shape index (κ2) is 8.75. The number of benzene rings is 1. The molecule has 3 heterocycles. The smallest absolute Gasteiger partial charge is 0.266 e. The number of hydrogen-bond donors (Lipinski definition) is 2. The fourth-order valence-corrected chi connectivity index (χ4v) is 3.67. The van der Waals surface area contributed by atoms with Crippen molar-refractivity contribution in [3.63, 3.8) is 0 Å². The minimum Gasteiger partial charge on any atom is -0.459 e. The van der Waals surface area contributed by atoms with Crippen molar-refractivity contribution in [2.45, 2.75) is 19.3 Å². The molecular weight excluding hydrogens is 398 g/mol. The van der Waals surface area contributed by atoms with Crippen LogP contribution < -0.4 is 16.0 Å². The molecule has 9 nitrogen and oxygen atoms in total. The van der Waals surface area contributed by atoms with Crippen molar-refractivity contribution >= 4 is 23.4 Å². The third-order valence-corrected chi connectivity index (χ3v) is 5.24. The summed E-state index contributed by atoms with van der Waals surface area (Å²) in [5, 5.41) is 12.3. The van der Waals surface area contributed by atoms with Crippen LogP contribution in [-0.4, -0.2) is 29.9 Å². The van der Waals surface area contributed by atoms with E-state index >= 15 is 0 Å². The molecule has 3 N–H and O–H groups in total. The van der Waals surface area contributed by atoms with E-state index in [1.807, 2.05) is 4.90 Å². The van der Waals surface area contributed by atoms with Gasteiger partial charge in [0.05, 0.1) is 12.7 Å². The first-order valence-electron chi connectivity index (χ1n) is 9.92. The van der Waals surface area contributed by atoms with E-state index in [-0.39, 0.29) is 29.8 Å². The second-order valence-corrected chi connectivity index (χ2v) is 7.31. The molecule has 0 radical (unpaired) electrons. The van der Waals surface area contributed by atoms with E-state index in [1.54, 1.807) is 36.4 Å². The maximum absolute atomic E-state index is 12.8. The average molecular weight is 419 g/mol. The Labute approximate surface area is 178 Å². The maximum Gasteiger partial charge on any atom is 0.266 e. The van der Waals surface area contributed by atoms with Crippen molar-refractivity contribution in [2.75, 3.05) is 23.3 Å². The number of nitrogens with two attached hydrogens (primary N) is 1. The monoisotopic (exact) mass is 419 g/mol. The molecule has 3 aromatic rings. The molecule has 1 aliphatic heterocycles. The second-order valence-electron chi connectivity index (χ2n) is 7.31. The Balaban J connectivity index is 1.41. The van der Waals surface area contributed by atoms with Gasteiger partial charge in [0.15, 0.2) is 5.76 Å². The molecular formula is C22H21N5O4. The van der Waals surface area contributed by atoms with E-state index in [9.17, 15) is 14.9 Å². The number of aromatic nitrogens is 1. The van der Waals surface area contributed by atoms with Crippen molar-refractivity contribution < 1.29 is 18.4 Å². The van der Waals surface area contributed by atoms with E-state index in [4.69, 9.17) is 14.6 Å². The number of nitrogens with zero attached hydrogens (tertiary/aromatic N) is 3. The van der Waals surface area contributed by atoms with Gasteiger partial charge in [0.25, 0.3) is 5.89 Å². The van der Waals surface area contributed by atoms with Crippen LogP contribution in [0.4, 0.5) is 11.6 Å². The predicted octanol–water partition coefficient (Wildman–Crippen LogP) is 2.69. The lowest BCUT2D eigenvalue weighted by atomic mass is 9.95. The minimum absolute atomic E-state index is 0.0648. The number of primary amides is 1. The third-order valence-electron chi connectivity index (χ3n) is 5.24. The highest BCUT2D eigenvalue weighted by Gasteiger charge is 2.29. The maximum atomic E-state index is 12.8. The normalized spacial score (nSPS) is 14.2. The topological polar surface area (TPSA) is 138 Å². The number of para-hydroxylation sites is 1. The number of nitrogens with one attached hydrogen (secondary N) is 1. The quantitative estimate of drug-likeness (QED) is 0.626. The molecule has 1 aromatic carbocycles. The molecule has 31 heavy (non-hydrogen) atoms. The van der Waals surface area contributed by atoms with Crippen molar-refractivity contribution in [2.24, 2.45) is 11.7 Å². The Morgan fingerprint density at radius 1 is 1.23 bits per heavy atom. The lowest BCUT2D eigenvalue weighted by Gasteiger charge is -2.31. The average Bonchev–Trinajstić information content (AvgIpc) is 3.44. The Morgan fingerprint density at radius 3 is 2.68 bits per heavy atom. The molecule has 0 unspecified atom stereocenters. The van der Waals surface area contributed by atoms with Crippen LogP contribution >= 0.6 is 0 Å². The fourth-order valence-electron chi connectivity index (χ4n) is 3.67. The summed E-state index contributed by atoms with van der Waals surface area (Å²) in [6.07, 6.45) is 2.75. The summed E-state index contributed by atoms with van der Waals surface area (Å²) in [4.78, 5) is 30.2. The number of amides is 2. The molecule has 1 fully saturated rings. The summed E-state index contributed by atoms with van der Waals surface area (Å²) < 4.78 is 11.1. The van der Waals surface area contributed by atoms with E-state index in [0.29, 0.717) is 48.8 Å². The van der Waals surface area contributed by atoms with Crippen LogP contribution in [0.25, 0.3) is 11.7 Å². The number of carbonyl (C=O) groups is 2. The zero-order valence-corrected chi connectivity index (χ0v) is 16.7. The van der Waals surface area contributed by atoms with Crippen LogP contribution in [0, 0.1) is 17.2 Å². The first-order valence-corrected chi connectivity index (χ1v) is 9.92. The molecule has 2 aromatic heterocycles. The molecule has 0 bridgehead atoms. The molecule has 1 aliphatic rings. The molecule has 4 rings (SSSR count). The number of anilines is 2. The highest BCUT2D eigenvalue weighted by Crippen LogP contribution is 2.31. The van der Waals surface area contributed by atoms with Gasteiger partial charge in [-0.1, -0.05) is 18.2 Å². The lowest BCUT2D eigenvalue weighted by Crippen LogP contribution is -2.38. The van der Waals surface area contributed by atoms with Crippen molar-refractivity contribution in [1.82, 2.24) is 4.98 Å². The lowest BCUT2D eigenvalue weighted by molar-refractivity contribution is -0.120. The summed E-state index contributed by atoms with van der Waals surface area (Å²) in [6, 6.07) is 12.6. The summed E-state index contributed by atoms with van der Waals surface area (Å²) in [6.45, 7) is 1.09. The van der Waals surface area contributed by atoms with Gasteiger partial charge in [0, 0.05) is 24.7 Å². The van der Waals surface area contributed by atoms with Crippen LogP contribution in [-0.2, 0) is 16.0 Å². The van der Waals surface area contributed by atoms with Crippen molar-refractivity contribution in [3.05, 3.63) is 53.9 Å². The van der Waals surface area contributed by atoms with Crippen LogP contribution in [0.2, 0.25) is 0 Å². The summed E-state index contributed by atoms with van der Waals surface area (Å²) >= 11 is 0. The van der Waals surface area contributed by atoms with Gasteiger partial charge < -0.3 is 24.8 Å². The third kappa shape index (κ3) is 4.43. The van der Waals surface area contributed by atoms with Gasteiger partial charge >= 0.3 is 0 Å². The van der Waals surface area contributed by atoms with Crippen molar-refractivity contribution in [1.29, 1.82) is 5.26 Å². The molecule has 2 amide bonds. The number of hydrogen-bond acceptors (Lipinski definition) is 7. The number of piperidine rings is 1. The van der Waals surface area contributed by atoms with E-state index < -0.39 is 5.91 Å². The standard InChI is InChI=1S/C22H21N5O4/c23-13-17-22(31-21(26-17)18-6-3-11-30-18)27-9-7-14(8-10-27)20(29)25-16-5-2-1-4-15(16)12-19(24)28/h1-6,11,14H,7-10,12H2,(H2,24,28)(H,25,29). The van der Waals surface area contributed by atoms with Gasteiger partial charge in [-0.05, 0) is 36.6 Å². The molecule has 0 atom stereocenters.